The van der Waals surface area contributed by atoms with Crippen molar-refractivity contribution in [1.82, 2.24) is 15.0 Å². The molecule has 0 radical (unpaired) electrons. The fourth-order valence-corrected chi connectivity index (χ4v) is 3.50. The SMILES string of the molecule is COc1ccc(-c2c[nH]c3ncnc(Nc4cccc(S(N)(=O)=O)c4)c23)cc1. The van der Waals surface area contributed by atoms with Gasteiger partial charge < -0.3 is 15.0 Å². The summed E-state index contributed by atoms with van der Waals surface area (Å²) in [7, 11) is -2.18. The van der Waals surface area contributed by atoms with E-state index in [9.17, 15) is 8.42 Å². The minimum atomic E-state index is -3.80. The van der Waals surface area contributed by atoms with E-state index in [1.54, 1.807) is 19.2 Å². The summed E-state index contributed by atoms with van der Waals surface area (Å²) in [5.41, 5.74) is 3.07. The lowest BCUT2D eigenvalue weighted by Gasteiger charge is -2.09. The Morgan fingerprint density at radius 3 is 2.61 bits per heavy atom. The van der Waals surface area contributed by atoms with Gasteiger partial charge in [0.2, 0.25) is 10.0 Å². The van der Waals surface area contributed by atoms with E-state index in [1.165, 1.54) is 18.5 Å². The number of aromatic amines is 1. The molecule has 0 amide bonds. The first-order chi connectivity index (χ1) is 13.5. The van der Waals surface area contributed by atoms with Crippen LogP contribution in [0.25, 0.3) is 22.2 Å². The van der Waals surface area contributed by atoms with Crippen molar-refractivity contribution in [2.24, 2.45) is 5.14 Å². The molecule has 0 aliphatic carbocycles. The van der Waals surface area contributed by atoms with Crippen LogP contribution >= 0.6 is 0 Å². The second-order valence-corrected chi connectivity index (χ2v) is 7.64. The highest BCUT2D eigenvalue weighted by Gasteiger charge is 2.14. The smallest absolute Gasteiger partial charge is 0.238 e. The summed E-state index contributed by atoms with van der Waals surface area (Å²) in [5, 5.41) is 9.17. The average Bonchev–Trinajstić information content (AvgIpc) is 3.13. The zero-order valence-electron chi connectivity index (χ0n) is 14.9. The molecular weight excluding hydrogens is 378 g/mol. The van der Waals surface area contributed by atoms with Gasteiger partial charge in [0.25, 0.3) is 0 Å². The topological polar surface area (TPSA) is 123 Å². The van der Waals surface area contributed by atoms with E-state index in [4.69, 9.17) is 9.88 Å². The highest BCUT2D eigenvalue weighted by atomic mass is 32.2. The lowest BCUT2D eigenvalue weighted by atomic mass is 10.1. The molecule has 0 spiro atoms. The second kappa shape index (κ2) is 6.95. The van der Waals surface area contributed by atoms with Crippen molar-refractivity contribution < 1.29 is 13.2 Å². The summed E-state index contributed by atoms with van der Waals surface area (Å²) in [6.45, 7) is 0. The summed E-state index contributed by atoms with van der Waals surface area (Å²) in [6.07, 6.45) is 3.29. The maximum absolute atomic E-state index is 11.6. The van der Waals surface area contributed by atoms with Crippen molar-refractivity contribution in [2.45, 2.75) is 4.90 Å². The van der Waals surface area contributed by atoms with Crippen LogP contribution in [-0.4, -0.2) is 30.5 Å². The van der Waals surface area contributed by atoms with Crippen LogP contribution in [0, 0.1) is 0 Å². The van der Waals surface area contributed by atoms with Gasteiger partial charge in [0.15, 0.2) is 0 Å². The Morgan fingerprint density at radius 2 is 1.89 bits per heavy atom. The molecule has 0 aliphatic rings. The molecule has 0 unspecified atom stereocenters. The van der Waals surface area contributed by atoms with Gasteiger partial charge in [0.1, 0.15) is 23.5 Å². The number of anilines is 2. The van der Waals surface area contributed by atoms with Crippen LogP contribution in [0.4, 0.5) is 11.5 Å². The molecule has 2 heterocycles. The Morgan fingerprint density at radius 1 is 1.11 bits per heavy atom. The highest BCUT2D eigenvalue weighted by Crippen LogP contribution is 2.34. The molecule has 28 heavy (non-hydrogen) atoms. The minimum absolute atomic E-state index is 0.0206. The van der Waals surface area contributed by atoms with Crippen LogP contribution in [0.2, 0.25) is 0 Å². The number of hydrogen-bond donors (Lipinski definition) is 3. The zero-order chi connectivity index (χ0) is 19.7. The number of fused-ring (bicyclic) bond motifs is 1. The highest BCUT2D eigenvalue weighted by molar-refractivity contribution is 7.89. The fourth-order valence-electron chi connectivity index (χ4n) is 2.94. The summed E-state index contributed by atoms with van der Waals surface area (Å²) in [6, 6.07) is 13.9. The van der Waals surface area contributed by atoms with Gasteiger partial charge in [-0.1, -0.05) is 18.2 Å². The van der Waals surface area contributed by atoms with Crippen LogP contribution in [0.3, 0.4) is 0 Å². The maximum atomic E-state index is 11.6. The largest absolute Gasteiger partial charge is 0.497 e. The first-order valence-electron chi connectivity index (χ1n) is 8.32. The van der Waals surface area contributed by atoms with E-state index in [2.05, 4.69) is 20.3 Å². The fraction of sp³-hybridized carbons (Fsp3) is 0.0526. The summed E-state index contributed by atoms with van der Waals surface area (Å²) < 4.78 is 28.4. The molecule has 0 fully saturated rings. The van der Waals surface area contributed by atoms with Crippen molar-refractivity contribution in [3.05, 3.63) is 61.1 Å². The van der Waals surface area contributed by atoms with Crippen LogP contribution < -0.4 is 15.2 Å². The standard InChI is InChI=1S/C19H17N5O3S/c1-27-14-7-5-12(6-8-14)16-10-21-18-17(16)19(23-11-22-18)24-13-3-2-4-15(9-13)28(20,25)26/h2-11H,1H3,(H2,20,25,26)(H2,21,22,23,24). The lowest BCUT2D eigenvalue weighted by Crippen LogP contribution is -2.12. The van der Waals surface area contributed by atoms with Crippen LogP contribution in [0.15, 0.2) is 66.0 Å². The van der Waals surface area contributed by atoms with Crippen LogP contribution in [0.1, 0.15) is 0 Å². The van der Waals surface area contributed by atoms with Gasteiger partial charge in [-0.2, -0.15) is 0 Å². The molecule has 9 heteroatoms. The molecule has 4 N–H and O–H groups in total. The number of primary sulfonamides is 1. The summed E-state index contributed by atoms with van der Waals surface area (Å²) in [5.74, 6) is 1.31. The van der Waals surface area contributed by atoms with Crippen molar-refractivity contribution >= 4 is 32.6 Å². The molecule has 2 aromatic carbocycles. The molecule has 0 aliphatic heterocycles. The van der Waals surface area contributed by atoms with Gasteiger partial charge in [-0.05, 0) is 35.9 Å². The molecular formula is C19H17N5O3S. The van der Waals surface area contributed by atoms with Gasteiger partial charge in [0, 0.05) is 17.4 Å². The molecule has 0 saturated heterocycles. The van der Waals surface area contributed by atoms with Crippen molar-refractivity contribution in [3.63, 3.8) is 0 Å². The van der Waals surface area contributed by atoms with Crippen LogP contribution in [-0.2, 0) is 10.0 Å². The first kappa shape index (κ1) is 18.0. The van der Waals surface area contributed by atoms with E-state index in [-0.39, 0.29) is 4.90 Å². The number of hydrogen-bond acceptors (Lipinski definition) is 6. The molecule has 0 atom stereocenters. The number of rotatable bonds is 5. The maximum Gasteiger partial charge on any atom is 0.238 e. The average molecular weight is 395 g/mol. The summed E-state index contributed by atoms with van der Waals surface area (Å²) >= 11 is 0. The van der Waals surface area contributed by atoms with Gasteiger partial charge in [-0.3, -0.25) is 0 Å². The molecule has 4 rings (SSSR count). The third-order valence-corrected chi connectivity index (χ3v) is 5.21. The Labute approximate surface area is 161 Å². The van der Waals surface area contributed by atoms with E-state index in [1.807, 2.05) is 30.5 Å². The molecule has 0 bridgehead atoms. The number of methoxy groups -OCH3 is 1. The molecule has 4 aromatic rings. The van der Waals surface area contributed by atoms with Crippen molar-refractivity contribution in [2.75, 3.05) is 12.4 Å². The predicted molar refractivity (Wildman–Crippen MR) is 107 cm³/mol. The number of nitrogens with one attached hydrogen (secondary N) is 2. The van der Waals surface area contributed by atoms with Crippen LogP contribution in [0.5, 0.6) is 5.75 Å². The first-order valence-corrected chi connectivity index (χ1v) is 9.87. The Balaban J connectivity index is 1.79. The number of nitrogens with zero attached hydrogens (tertiary/aromatic N) is 2. The number of nitrogens with two attached hydrogens (primary N) is 1. The number of benzene rings is 2. The van der Waals surface area contributed by atoms with Gasteiger partial charge in [0.05, 0.1) is 17.4 Å². The number of H-pyrrole nitrogens is 1. The van der Waals surface area contributed by atoms with Gasteiger partial charge in [-0.15, -0.1) is 0 Å². The number of aromatic nitrogens is 3. The Kier molecular flexibility index (Phi) is 4.46. The Bertz CT molecular complexity index is 1250. The summed E-state index contributed by atoms with van der Waals surface area (Å²) in [4.78, 5) is 11.8. The lowest BCUT2D eigenvalue weighted by molar-refractivity contribution is 0.415. The molecule has 0 saturated carbocycles. The van der Waals surface area contributed by atoms with Crippen molar-refractivity contribution in [3.8, 4) is 16.9 Å². The van der Waals surface area contributed by atoms with E-state index >= 15 is 0 Å². The predicted octanol–water partition coefficient (Wildman–Crippen LogP) is 3.02. The normalized spacial score (nSPS) is 11.5. The second-order valence-electron chi connectivity index (χ2n) is 6.07. The van der Waals surface area contributed by atoms with E-state index in [0.717, 1.165) is 22.3 Å². The monoisotopic (exact) mass is 395 g/mol. The third-order valence-electron chi connectivity index (χ3n) is 4.30. The number of ether oxygens (including phenoxy) is 1. The number of sulfonamides is 1. The quantitative estimate of drug-likeness (QED) is 0.477. The zero-order valence-corrected chi connectivity index (χ0v) is 15.7. The van der Waals surface area contributed by atoms with Gasteiger partial charge in [-0.25, -0.2) is 23.5 Å². The molecule has 8 nitrogen and oxygen atoms in total. The van der Waals surface area contributed by atoms with E-state index < -0.39 is 10.0 Å². The minimum Gasteiger partial charge on any atom is -0.497 e. The Hall–Kier alpha value is -3.43. The third kappa shape index (κ3) is 3.40. The van der Waals surface area contributed by atoms with Crippen molar-refractivity contribution in [1.29, 1.82) is 0 Å². The van der Waals surface area contributed by atoms with Gasteiger partial charge >= 0.3 is 0 Å². The molecule has 142 valence electrons. The molecule has 2 aromatic heterocycles. The van der Waals surface area contributed by atoms with E-state index in [0.29, 0.717) is 17.2 Å².